The van der Waals surface area contributed by atoms with Crippen LogP contribution >= 0.6 is 12.2 Å². The summed E-state index contributed by atoms with van der Waals surface area (Å²) in [7, 11) is -3.82. The molecule has 0 unspecified atom stereocenters. The average molecular weight is 444 g/mol. The molecule has 4 rings (SSSR count). The summed E-state index contributed by atoms with van der Waals surface area (Å²) in [6, 6.07) is 5.85. The molecule has 156 valence electrons. The van der Waals surface area contributed by atoms with E-state index in [1.165, 1.54) is 16.7 Å². The van der Waals surface area contributed by atoms with Crippen molar-refractivity contribution >= 4 is 44.9 Å². The Labute approximate surface area is 179 Å². The Bertz CT molecular complexity index is 1390. The molecule has 1 aliphatic rings. The molecule has 0 aliphatic heterocycles. The maximum atomic E-state index is 12.8. The van der Waals surface area contributed by atoms with E-state index in [2.05, 4.69) is 9.97 Å². The van der Waals surface area contributed by atoms with Gasteiger partial charge in [0, 0.05) is 17.7 Å². The van der Waals surface area contributed by atoms with Gasteiger partial charge in [-0.3, -0.25) is 9.36 Å². The molecular weight excluding hydrogens is 422 g/mol. The molecule has 2 heterocycles. The smallest absolute Gasteiger partial charge is 0.238 e. The zero-order valence-corrected chi connectivity index (χ0v) is 18.4. The van der Waals surface area contributed by atoms with Gasteiger partial charge in [0.1, 0.15) is 5.82 Å². The number of fused-ring (bicyclic) bond motifs is 2. The molecule has 10 heteroatoms. The summed E-state index contributed by atoms with van der Waals surface area (Å²) in [5.41, 5.74) is 9.28. The molecule has 4 N–H and O–H groups in total. The van der Waals surface area contributed by atoms with Gasteiger partial charge in [0.15, 0.2) is 11.4 Å². The maximum absolute atomic E-state index is 12.8. The molecular formula is C20H21N5O3S2. The Morgan fingerprint density at radius 2 is 1.77 bits per heavy atom. The Balaban J connectivity index is 1.98. The van der Waals surface area contributed by atoms with Gasteiger partial charge in [0.25, 0.3) is 0 Å². The van der Waals surface area contributed by atoms with Gasteiger partial charge in [-0.05, 0) is 60.8 Å². The lowest BCUT2D eigenvalue weighted by molar-refractivity contribution is 0.0910. The summed E-state index contributed by atoms with van der Waals surface area (Å²) in [6.45, 7) is 5.92. The number of nitrogen functional groups attached to an aromatic ring is 1. The first-order chi connectivity index (χ1) is 13.9. The van der Waals surface area contributed by atoms with Crippen LogP contribution in [0.2, 0.25) is 0 Å². The van der Waals surface area contributed by atoms with Crippen LogP contribution < -0.4 is 10.9 Å². The molecule has 30 heavy (non-hydrogen) atoms. The van der Waals surface area contributed by atoms with E-state index < -0.39 is 10.0 Å². The molecule has 0 bridgehead atoms. The summed E-state index contributed by atoms with van der Waals surface area (Å²) in [4.78, 5) is 21.9. The minimum Gasteiger partial charge on any atom is -0.384 e. The van der Waals surface area contributed by atoms with Crippen molar-refractivity contribution in [2.45, 2.75) is 38.5 Å². The van der Waals surface area contributed by atoms with E-state index in [9.17, 15) is 13.2 Å². The first-order valence-electron chi connectivity index (χ1n) is 9.27. The minimum atomic E-state index is -3.82. The zero-order chi connectivity index (χ0) is 22.0. The number of benzene rings is 1. The number of nitrogens with two attached hydrogens (primary N) is 2. The number of anilines is 1. The fourth-order valence-corrected chi connectivity index (χ4v) is 4.87. The van der Waals surface area contributed by atoms with Crippen LogP contribution in [0, 0.1) is 17.1 Å². The quantitative estimate of drug-likeness (QED) is 0.582. The van der Waals surface area contributed by atoms with Crippen LogP contribution in [0.5, 0.6) is 0 Å². The molecule has 3 aromatic rings. The fourth-order valence-electron chi connectivity index (χ4n) is 4.06. The van der Waals surface area contributed by atoms with Crippen molar-refractivity contribution < 1.29 is 13.2 Å². The minimum absolute atomic E-state index is 0.0229. The van der Waals surface area contributed by atoms with E-state index in [-0.39, 0.29) is 20.9 Å². The van der Waals surface area contributed by atoms with Crippen molar-refractivity contribution in [2.24, 2.45) is 10.6 Å². The Morgan fingerprint density at radius 3 is 2.37 bits per heavy atom. The number of aromatic nitrogens is 3. The Kier molecular flexibility index (Phi) is 4.57. The molecule has 1 aliphatic carbocycles. The summed E-state index contributed by atoms with van der Waals surface area (Å²) in [5, 5.41) is 5.73. The van der Waals surface area contributed by atoms with Gasteiger partial charge in [-0.1, -0.05) is 13.8 Å². The summed E-state index contributed by atoms with van der Waals surface area (Å²) in [5.74, 6) is 0.331. The second-order valence-corrected chi connectivity index (χ2v) is 10.3. The monoisotopic (exact) mass is 443 g/mol. The largest absolute Gasteiger partial charge is 0.384 e. The summed E-state index contributed by atoms with van der Waals surface area (Å²) >= 11 is 5.44. The van der Waals surface area contributed by atoms with Crippen molar-refractivity contribution in [1.29, 1.82) is 0 Å². The molecule has 0 saturated heterocycles. The van der Waals surface area contributed by atoms with Gasteiger partial charge >= 0.3 is 0 Å². The number of pyridine rings is 1. The number of primary sulfonamides is 1. The first kappa shape index (κ1) is 20.6. The molecule has 0 fully saturated rings. The standard InChI is InChI=1S/C20H21N5O3S2/c1-10-15-13(8-20(2,3)9-14(15)26)23-18-16(10)17(21)25(19(29)24-18)11-4-6-12(7-5-11)30(22,27)28/h4-7H,8-9,21H2,1-3H3,(H2,22,27,28). The van der Waals surface area contributed by atoms with E-state index in [1.807, 2.05) is 20.8 Å². The molecule has 0 spiro atoms. The van der Waals surface area contributed by atoms with Gasteiger partial charge < -0.3 is 5.73 Å². The van der Waals surface area contributed by atoms with Gasteiger partial charge in [-0.25, -0.2) is 18.5 Å². The number of aryl methyl sites for hydroxylation is 1. The molecule has 2 aromatic heterocycles. The van der Waals surface area contributed by atoms with E-state index in [0.717, 1.165) is 11.3 Å². The normalized spacial score (nSPS) is 15.9. The van der Waals surface area contributed by atoms with Crippen LogP contribution in [-0.2, 0) is 16.4 Å². The SMILES string of the molecule is Cc1c2c(nc3nc(=S)n(-c4ccc(S(N)(=O)=O)cc4)c(N)c13)CC(C)(C)CC2=O. The second kappa shape index (κ2) is 6.66. The highest BCUT2D eigenvalue weighted by Gasteiger charge is 2.34. The molecule has 0 atom stereocenters. The fraction of sp³-hybridized carbons (Fsp3) is 0.300. The van der Waals surface area contributed by atoms with E-state index in [4.69, 9.17) is 23.1 Å². The average Bonchev–Trinajstić information content (AvgIpc) is 2.59. The highest BCUT2D eigenvalue weighted by atomic mass is 32.2. The van der Waals surface area contributed by atoms with Crippen LogP contribution in [0.1, 0.15) is 41.9 Å². The lowest BCUT2D eigenvalue weighted by atomic mass is 9.74. The van der Waals surface area contributed by atoms with Crippen LogP contribution in [0.25, 0.3) is 16.7 Å². The lowest BCUT2D eigenvalue weighted by Crippen LogP contribution is -2.29. The predicted molar refractivity (Wildman–Crippen MR) is 117 cm³/mol. The van der Waals surface area contributed by atoms with E-state index in [0.29, 0.717) is 40.9 Å². The van der Waals surface area contributed by atoms with E-state index >= 15 is 0 Å². The summed E-state index contributed by atoms with van der Waals surface area (Å²) < 4.78 is 24.7. The summed E-state index contributed by atoms with van der Waals surface area (Å²) in [6.07, 6.45) is 1.11. The number of Topliss-reactive ketones (excluding diaryl/α,β-unsaturated/α-hetero) is 1. The van der Waals surface area contributed by atoms with E-state index in [1.54, 1.807) is 12.1 Å². The molecule has 8 nitrogen and oxygen atoms in total. The van der Waals surface area contributed by atoms with Crippen LogP contribution in [0.4, 0.5) is 5.82 Å². The van der Waals surface area contributed by atoms with Gasteiger partial charge in [0.05, 0.1) is 16.0 Å². The topological polar surface area (TPSA) is 134 Å². The number of carbonyl (C=O) groups is 1. The van der Waals surface area contributed by atoms with Gasteiger partial charge in [-0.15, -0.1) is 0 Å². The zero-order valence-electron chi connectivity index (χ0n) is 16.8. The molecule has 0 saturated carbocycles. The molecule has 1 aromatic carbocycles. The van der Waals surface area contributed by atoms with Gasteiger partial charge in [-0.2, -0.15) is 4.98 Å². The highest BCUT2D eigenvalue weighted by molar-refractivity contribution is 7.89. The third-order valence-corrected chi connectivity index (χ3v) is 6.58. The second-order valence-electron chi connectivity index (χ2n) is 8.35. The number of ketones is 1. The Hall–Kier alpha value is -2.69. The molecule has 0 amide bonds. The first-order valence-corrected chi connectivity index (χ1v) is 11.2. The third kappa shape index (κ3) is 3.30. The maximum Gasteiger partial charge on any atom is 0.238 e. The number of sulfonamides is 1. The predicted octanol–water partition coefficient (Wildman–Crippen LogP) is 2.84. The van der Waals surface area contributed by atoms with Crippen molar-refractivity contribution in [3.05, 3.63) is 45.9 Å². The Morgan fingerprint density at radius 1 is 1.13 bits per heavy atom. The van der Waals surface area contributed by atoms with Crippen LogP contribution in [0.15, 0.2) is 29.2 Å². The van der Waals surface area contributed by atoms with Gasteiger partial charge in [0.2, 0.25) is 14.8 Å². The van der Waals surface area contributed by atoms with Crippen LogP contribution in [0.3, 0.4) is 0 Å². The molecule has 0 radical (unpaired) electrons. The number of hydrogen-bond donors (Lipinski definition) is 2. The van der Waals surface area contributed by atoms with Crippen LogP contribution in [-0.4, -0.2) is 28.7 Å². The van der Waals surface area contributed by atoms with Crippen molar-refractivity contribution in [3.63, 3.8) is 0 Å². The van der Waals surface area contributed by atoms with Crippen molar-refractivity contribution in [1.82, 2.24) is 14.5 Å². The third-order valence-electron chi connectivity index (χ3n) is 5.38. The lowest BCUT2D eigenvalue weighted by Gasteiger charge is -2.30. The number of carbonyl (C=O) groups excluding carboxylic acids is 1. The number of hydrogen-bond acceptors (Lipinski definition) is 7. The number of nitrogens with zero attached hydrogens (tertiary/aromatic N) is 3. The van der Waals surface area contributed by atoms with Crippen molar-refractivity contribution in [2.75, 3.05) is 5.73 Å². The van der Waals surface area contributed by atoms with Crippen molar-refractivity contribution in [3.8, 4) is 5.69 Å². The highest BCUT2D eigenvalue weighted by Crippen LogP contribution is 2.38. The number of rotatable bonds is 2.